The van der Waals surface area contributed by atoms with E-state index < -0.39 is 0 Å². The van der Waals surface area contributed by atoms with Crippen LogP contribution in [0.4, 0.5) is 0 Å². The van der Waals surface area contributed by atoms with Gasteiger partial charge in [-0.25, -0.2) is 14.7 Å². The Morgan fingerprint density at radius 2 is 1.71 bits per heavy atom. The lowest BCUT2D eigenvalue weighted by Gasteiger charge is -2.26. The Morgan fingerprint density at radius 3 is 2.00 bits per heavy atom. The molecule has 8 heteroatoms. The van der Waals surface area contributed by atoms with Crippen LogP contribution in [-0.4, -0.2) is 51.4 Å². The topological polar surface area (TPSA) is 81.8 Å². The number of hydroxylamine groups is 4. The first-order chi connectivity index (χ1) is 6.74. The molecule has 0 fully saturated rings. The fourth-order valence-corrected chi connectivity index (χ4v) is 0.727. The summed E-state index contributed by atoms with van der Waals surface area (Å²) < 4.78 is 0. The Bertz CT molecular complexity index is 155. The molecule has 0 radical (unpaired) electrons. The van der Waals surface area contributed by atoms with Gasteiger partial charge >= 0.3 is 5.96 Å². The molecule has 8 nitrogen and oxygen atoms in total. The highest BCUT2D eigenvalue weighted by atomic mass is 17.0. The van der Waals surface area contributed by atoms with Crippen LogP contribution in [0.2, 0.25) is 0 Å². The molecule has 0 aromatic rings. The van der Waals surface area contributed by atoms with Crippen molar-refractivity contribution in [1.82, 2.24) is 10.3 Å². The van der Waals surface area contributed by atoms with Crippen molar-refractivity contribution in [3.63, 3.8) is 0 Å². The van der Waals surface area contributed by atoms with Crippen molar-refractivity contribution < 1.29 is 19.4 Å². The van der Waals surface area contributed by atoms with E-state index in [1.54, 1.807) is 0 Å². The number of nitrogens with two attached hydrogens (primary N) is 1. The fraction of sp³-hybridized carbons (Fsp3) is 0.833. The Labute approximate surface area is 82.6 Å². The van der Waals surface area contributed by atoms with Crippen molar-refractivity contribution in [3.05, 3.63) is 0 Å². The summed E-state index contributed by atoms with van der Waals surface area (Å²) in [6.45, 7) is 0.0713. The average Bonchev–Trinajstić information content (AvgIpc) is 2.21. The molecule has 84 valence electrons. The smallest absolute Gasteiger partial charge is 0.314 e. The van der Waals surface area contributed by atoms with Crippen LogP contribution < -0.4 is 5.73 Å². The average molecular weight is 208 g/mol. The first kappa shape index (κ1) is 12.9. The van der Waals surface area contributed by atoms with Gasteiger partial charge < -0.3 is 10.6 Å². The first-order valence-corrected chi connectivity index (χ1v) is 3.76. The van der Waals surface area contributed by atoms with E-state index in [1.165, 1.54) is 33.5 Å². The number of hydrogen-bond donors (Lipinski definition) is 1. The normalized spacial score (nSPS) is 11.4. The molecule has 0 aromatic carbocycles. The zero-order valence-corrected chi connectivity index (χ0v) is 8.76. The van der Waals surface area contributed by atoms with E-state index in [1.807, 2.05) is 0 Å². The third-order valence-corrected chi connectivity index (χ3v) is 1.28. The summed E-state index contributed by atoms with van der Waals surface area (Å²) in [5, 5.41) is 5.83. The maximum absolute atomic E-state index is 5.39. The van der Waals surface area contributed by atoms with Crippen LogP contribution in [0.15, 0.2) is 5.16 Å². The second kappa shape index (κ2) is 7.33. The van der Waals surface area contributed by atoms with E-state index >= 15 is 0 Å². The van der Waals surface area contributed by atoms with Gasteiger partial charge in [-0.15, -0.1) is 0 Å². The SMILES string of the molecule is CO/N=C(\N(CN)OC)N(OC)OC. The number of hydrogen-bond acceptors (Lipinski definition) is 6. The van der Waals surface area contributed by atoms with Crippen molar-refractivity contribution in [2.45, 2.75) is 0 Å². The molecule has 0 spiro atoms. The summed E-state index contributed by atoms with van der Waals surface area (Å²) in [5.41, 5.74) is 5.39. The van der Waals surface area contributed by atoms with E-state index in [0.717, 1.165) is 5.23 Å². The van der Waals surface area contributed by atoms with E-state index in [9.17, 15) is 0 Å². The first-order valence-electron chi connectivity index (χ1n) is 3.76. The quantitative estimate of drug-likeness (QED) is 0.271. The number of oxime groups is 1. The van der Waals surface area contributed by atoms with Crippen molar-refractivity contribution in [3.8, 4) is 0 Å². The lowest BCUT2D eigenvalue weighted by molar-refractivity contribution is -0.304. The van der Waals surface area contributed by atoms with Gasteiger partial charge in [-0.05, 0) is 5.16 Å². The van der Waals surface area contributed by atoms with Crippen LogP contribution in [0.3, 0.4) is 0 Å². The molecule has 14 heavy (non-hydrogen) atoms. The van der Waals surface area contributed by atoms with Crippen LogP contribution >= 0.6 is 0 Å². The van der Waals surface area contributed by atoms with Gasteiger partial charge in [-0.1, -0.05) is 5.23 Å². The van der Waals surface area contributed by atoms with Gasteiger partial charge in [0, 0.05) is 0 Å². The standard InChI is InChI=1S/C6H16N4O4/c1-11-8-6(9(5-7)12-2)10(13-3)14-4/h5,7H2,1-4H3/b8-6+. The van der Waals surface area contributed by atoms with Crippen molar-refractivity contribution >= 4 is 5.96 Å². The van der Waals surface area contributed by atoms with Gasteiger partial charge in [-0.2, -0.15) is 0 Å². The molecule has 0 unspecified atom stereocenters. The zero-order valence-electron chi connectivity index (χ0n) is 8.76. The summed E-state index contributed by atoms with van der Waals surface area (Å²) in [7, 11) is 5.62. The van der Waals surface area contributed by atoms with E-state index in [2.05, 4.69) is 9.99 Å². The molecule has 2 N–H and O–H groups in total. The van der Waals surface area contributed by atoms with Crippen molar-refractivity contribution in [2.24, 2.45) is 10.9 Å². The van der Waals surface area contributed by atoms with Crippen LogP contribution in [0.5, 0.6) is 0 Å². The van der Waals surface area contributed by atoms with Crippen LogP contribution in [0.1, 0.15) is 0 Å². The molecule has 0 heterocycles. The Kier molecular flexibility index (Phi) is 6.76. The summed E-state index contributed by atoms with van der Waals surface area (Å²) in [4.78, 5) is 19.1. The Morgan fingerprint density at radius 1 is 1.14 bits per heavy atom. The minimum atomic E-state index is 0.0713. The Hall–Kier alpha value is -1.09. The predicted molar refractivity (Wildman–Crippen MR) is 48.2 cm³/mol. The van der Waals surface area contributed by atoms with Gasteiger partial charge in [0.15, 0.2) is 0 Å². The molecular formula is C6H16N4O4. The third kappa shape index (κ3) is 3.34. The third-order valence-electron chi connectivity index (χ3n) is 1.28. The van der Waals surface area contributed by atoms with Gasteiger partial charge in [0.2, 0.25) is 0 Å². The predicted octanol–water partition coefficient (Wildman–Crippen LogP) is -0.892. The molecular weight excluding hydrogens is 192 g/mol. The highest BCUT2D eigenvalue weighted by molar-refractivity contribution is 5.76. The zero-order chi connectivity index (χ0) is 11.0. The maximum Gasteiger partial charge on any atom is 0.314 e. The van der Waals surface area contributed by atoms with Gasteiger partial charge in [-0.3, -0.25) is 4.84 Å². The lowest BCUT2D eigenvalue weighted by Crippen LogP contribution is -2.45. The van der Waals surface area contributed by atoms with E-state index in [4.69, 9.17) is 20.2 Å². The van der Waals surface area contributed by atoms with E-state index in [-0.39, 0.29) is 12.6 Å². The molecule has 0 aliphatic heterocycles. The number of rotatable bonds is 5. The minimum absolute atomic E-state index is 0.0713. The van der Waals surface area contributed by atoms with Crippen LogP contribution in [0.25, 0.3) is 0 Å². The largest absolute Gasteiger partial charge is 0.396 e. The van der Waals surface area contributed by atoms with Crippen LogP contribution in [0, 0.1) is 0 Å². The molecule has 0 aromatic heterocycles. The van der Waals surface area contributed by atoms with Crippen molar-refractivity contribution in [1.29, 1.82) is 0 Å². The maximum atomic E-state index is 5.39. The lowest BCUT2D eigenvalue weighted by atomic mass is 10.9. The summed E-state index contributed by atoms with van der Waals surface area (Å²) in [6, 6.07) is 0. The van der Waals surface area contributed by atoms with Gasteiger partial charge in [0.25, 0.3) is 0 Å². The molecule has 0 atom stereocenters. The molecule has 0 saturated heterocycles. The molecule has 0 bridgehead atoms. The van der Waals surface area contributed by atoms with Crippen molar-refractivity contribution in [2.75, 3.05) is 35.1 Å². The summed E-state index contributed by atoms with van der Waals surface area (Å²) in [5.74, 6) is 0.141. The second-order valence-electron chi connectivity index (χ2n) is 1.94. The fourth-order valence-electron chi connectivity index (χ4n) is 0.727. The number of guanidine groups is 1. The summed E-state index contributed by atoms with van der Waals surface area (Å²) >= 11 is 0. The Balaban J connectivity index is 4.63. The molecule has 0 amide bonds. The molecule has 0 rings (SSSR count). The summed E-state index contributed by atoms with van der Waals surface area (Å²) in [6.07, 6.45) is 0. The number of nitrogens with zero attached hydrogens (tertiary/aromatic N) is 3. The monoisotopic (exact) mass is 208 g/mol. The van der Waals surface area contributed by atoms with Gasteiger partial charge in [0.05, 0.1) is 28.0 Å². The molecule has 0 saturated carbocycles. The minimum Gasteiger partial charge on any atom is -0.396 e. The molecule has 0 aliphatic carbocycles. The second-order valence-corrected chi connectivity index (χ2v) is 1.94. The molecule has 0 aliphatic rings. The van der Waals surface area contributed by atoms with E-state index in [0.29, 0.717) is 0 Å². The van der Waals surface area contributed by atoms with Crippen LogP contribution in [-0.2, 0) is 19.4 Å². The highest BCUT2D eigenvalue weighted by Crippen LogP contribution is 1.99. The highest BCUT2D eigenvalue weighted by Gasteiger charge is 2.19. The van der Waals surface area contributed by atoms with Gasteiger partial charge in [0.1, 0.15) is 7.11 Å².